The Morgan fingerprint density at radius 1 is 1.33 bits per heavy atom. The molecule has 2 aromatic heterocycles. The van der Waals surface area contributed by atoms with Crippen LogP contribution in [0, 0.1) is 0 Å². The first-order valence-electron chi connectivity index (χ1n) is 5.60. The second-order valence-electron chi connectivity index (χ2n) is 4.16. The average Bonchev–Trinajstić information content (AvgIpc) is 2.74. The normalized spacial score (nSPS) is 10.9. The number of hydrogen-bond donors (Lipinski definition) is 2. The third-order valence-corrected chi connectivity index (χ3v) is 3.62. The van der Waals surface area contributed by atoms with Gasteiger partial charge < -0.3 is 9.99 Å². The fourth-order valence-electron chi connectivity index (χ4n) is 1.63. The summed E-state index contributed by atoms with van der Waals surface area (Å²) in [6, 6.07) is 0. The highest BCUT2D eigenvalue weighted by Crippen LogP contribution is 2.34. The highest BCUT2D eigenvalue weighted by molar-refractivity contribution is 7.99. The zero-order valence-corrected chi connectivity index (χ0v) is 11.4. The molecule has 0 saturated heterocycles. The smallest absolute Gasteiger partial charge is 0.174 e. The lowest BCUT2D eigenvalue weighted by Crippen LogP contribution is -2.13. The van der Waals surface area contributed by atoms with Crippen LogP contribution in [-0.2, 0) is 7.05 Å². The molecular weight excluding hydrogens is 248 g/mol. The minimum absolute atomic E-state index is 0.278. The van der Waals surface area contributed by atoms with Gasteiger partial charge in [0.1, 0.15) is 17.2 Å². The van der Waals surface area contributed by atoms with E-state index in [2.05, 4.69) is 34.2 Å². The largest absolute Gasteiger partial charge is 0.329 e. The van der Waals surface area contributed by atoms with E-state index in [1.807, 2.05) is 17.8 Å². The lowest BCUT2D eigenvalue weighted by Gasteiger charge is -2.14. The van der Waals surface area contributed by atoms with Crippen molar-refractivity contribution in [1.82, 2.24) is 19.5 Å². The first-order valence-corrected chi connectivity index (χ1v) is 6.41. The predicted molar refractivity (Wildman–Crippen MR) is 71.3 cm³/mol. The summed E-state index contributed by atoms with van der Waals surface area (Å²) in [5, 5.41) is 1.76. The van der Waals surface area contributed by atoms with Crippen LogP contribution in [0.25, 0.3) is 0 Å². The number of aromatic nitrogens is 4. The molecule has 0 saturated carbocycles. The molecule has 6 nitrogen and oxygen atoms in total. The number of hydrazine groups is 1. The van der Waals surface area contributed by atoms with Gasteiger partial charge in [0.05, 0.1) is 0 Å². The van der Waals surface area contributed by atoms with Crippen LogP contribution in [0.4, 0.5) is 5.82 Å². The topological polar surface area (TPSA) is 81.7 Å². The fourth-order valence-corrected chi connectivity index (χ4v) is 2.67. The van der Waals surface area contributed by atoms with E-state index < -0.39 is 0 Å². The number of nitrogens with one attached hydrogen (secondary N) is 1. The zero-order chi connectivity index (χ0) is 13.1. The lowest BCUT2D eigenvalue weighted by molar-refractivity contribution is 0.777. The highest BCUT2D eigenvalue weighted by Gasteiger charge is 2.16. The summed E-state index contributed by atoms with van der Waals surface area (Å²) >= 11 is 1.51. The Bertz CT molecular complexity index is 536. The average molecular weight is 264 g/mol. The van der Waals surface area contributed by atoms with Crippen molar-refractivity contribution >= 4 is 17.6 Å². The summed E-state index contributed by atoms with van der Waals surface area (Å²) in [5.74, 6) is 6.43. The Kier molecular flexibility index (Phi) is 3.83. The monoisotopic (exact) mass is 264 g/mol. The maximum atomic E-state index is 5.49. The van der Waals surface area contributed by atoms with Crippen LogP contribution in [0.5, 0.6) is 0 Å². The molecule has 96 valence electrons. The van der Waals surface area contributed by atoms with Gasteiger partial charge in [-0.3, -0.25) is 0 Å². The van der Waals surface area contributed by atoms with Crippen LogP contribution in [-0.4, -0.2) is 19.5 Å². The Morgan fingerprint density at radius 2 is 2.11 bits per heavy atom. The van der Waals surface area contributed by atoms with Gasteiger partial charge in [-0.1, -0.05) is 13.8 Å². The van der Waals surface area contributed by atoms with Crippen molar-refractivity contribution in [3.05, 3.63) is 24.3 Å². The molecule has 18 heavy (non-hydrogen) atoms. The molecule has 2 aromatic rings. The van der Waals surface area contributed by atoms with Gasteiger partial charge in [-0.15, -0.1) is 0 Å². The third-order valence-electron chi connectivity index (χ3n) is 2.53. The summed E-state index contributed by atoms with van der Waals surface area (Å²) in [4.78, 5) is 12.8. The summed E-state index contributed by atoms with van der Waals surface area (Å²) in [5.41, 5.74) is 3.63. The van der Waals surface area contributed by atoms with E-state index in [9.17, 15) is 0 Å². The molecule has 0 aliphatic heterocycles. The van der Waals surface area contributed by atoms with Gasteiger partial charge in [0, 0.05) is 25.0 Å². The molecule has 0 spiro atoms. The van der Waals surface area contributed by atoms with E-state index in [0.29, 0.717) is 5.82 Å². The van der Waals surface area contributed by atoms with E-state index in [1.54, 1.807) is 6.20 Å². The van der Waals surface area contributed by atoms with Crippen molar-refractivity contribution in [2.75, 3.05) is 5.43 Å². The lowest BCUT2D eigenvalue weighted by atomic mass is 10.1. The van der Waals surface area contributed by atoms with Crippen LogP contribution in [0.15, 0.2) is 28.9 Å². The van der Waals surface area contributed by atoms with Crippen molar-refractivity contribution < 1.29 is 0 Å². The zero-order valence-electron chi connectivity index (χ0n) is 10.6. The SMILES string of the molecule is CC(C)c1c(NN)ncnc1Sc1nccn1C. The predicted octanol–water partition coefficient (Wildman–Crippen LogP) is 1.77. The Hall–Kier alpha value is -1.60. The van der Waals surface area contributed by atoms with Crippen LogP contribution in [0.3, 0.4) is 0 Å². The van der Waals surface area contributed by atoms with Crippen LogP contribution < -0.4 is 11.3 Å². The molecule has 7 heteroatoms. The van der Waals surface area contributed by atoms with Gasteiger partial charge >= 0.3 is 0 Å². The fraction of sp³-hybridized carbons (Fsp3) is 0.364. The molecule has 0 radical (unpaired) electrons. The minimum atomic E-state index is 0.278. The van der Waals surface area contributed by atoms with E-state index in [4.69, 9.17) is 5.84 Å². The first kappa shape index (κ1) is 12.8. The Balaban J connectivity index is 2.41. The van der Waals surface area contributed by atoms with Crippen LogP contribution >= 0.6 is 11.8 Å². The standard InChI is InChI=1S/C11H16N6S/c1-7(2)8-9(16-12)14-6-15-10(8)18-11-13-4-5-17(11)3/h4-7H,12H2,1-3H3,(H,14,15,16). The van der Waals surface area contributed by atoms with Gasteiger partial charge in [-0.05, 0) is 17.7 Å². The molecule has 0 fully saturated rings. The van der Waals surface area contributed by atoms with Crippen molar-refractivity contribution in [1.29, 1.82) is 0 Å². The van der Waals surface area contributed by atoms with Gasteiger partial charge in [-0.25, -0.2) is 20.8 Å². The van der Waals surface area contributed by atoms with Crippen LogP contribution in [0.1, 0.15) is 25.3 Å². The second kappa shape index (κ2) is 5.36. The molecule has 2 heterocycles. The molecule has 0 amide bonds. The molecule has 0 aliphatic rings. The third kappa shape index (κ3) is 2.46. The molecule has 2 rings (SSSR count). The summed E-state index contributed by atoms with van der Waals surface area (Å²) in [7, 11) is 1.95. The maximum Gasteiger partial charge on any atom is 0.174 e. The molecule has 0 aromatic carbocycles. The summed E-state index contributed by atoms with van der Waals surface area (Å²) in [6.07, 6.45) is 5.17. The quantitative estimate of drug-likeness (QED) is 0.497. The van der Waals surface area contributed by atoms with Crippen molar-refractivity contribution in [2.45, 2.75) is 29.9 Å². The number of rotatable bonds is 4. The van der Waals surface area contributed by atoms with Crippen molar-refractivity contribution in [3.8, 4) is 0 Å². The first-order chi connectivity index (χ1) is 8.63. The Labute approximate surface area is 110 Å². The summed E-state index contributed by atoms with van der Waals surface area (Å²) in [6.45, 7) is 4.17. The molecule has 0 bridgehead atoms. The Morgan fingerprint density at radius 3 is 2.67 bits per heavy atom. The van der Waals surface area contributed by atoms with Gasteiger partial charge in [0.2, 0.25) is 0 Å². The van der Waals surface area contributed by atoms with Gasteiger partial charge in [0.25, 0.3) is 0 Å². The number of anilines is 1. The minimum Gasteiger partial charge on any atom is -0.329 e. The van der Waals surface area contributed by atoms with Gasteiger partial charge in [-0.2, -0.15) is 0 Å². The van der Waals surface area contributed by atoms with Crippen molar-refractivity contribution in [2.24, 2.45) is 12.9 Å². The molecular formula is C11H16N6S. The second-order valence-corrected chi connectivity index (χ2v) is 5.12. The van der Waals surface area contributed by atoms with Crippen molar-refractivity contribution in [3.63, 3.8) is 0 Å². The van der Waals surface area contributed by atoms with Crippen LogP contribution in [0.2, 0.25) is 0 Å². The molecule has 0 atom stereocenters. The number of aryl methyl sites for hydroxylation is 1. The molecule has 0 unspecified atom stereocenters. The highest BCUT2D eigenvalue weighted by atomic mass is 32.2. The number of imidazole rings is 1. The molecule has 0 aliphatic carbocycles. The number of nitrogens with zero attached hydrogens (tertiary/aromatic N) is 4. The van der Waals surface area contributed by atoms with E-state index in [1.165, 1.54) is 18.1 Å². The van der Waals surface area contributed by atoms with Gasteiger partial charge in [0.15, 0.2) is 5.16 Å². The number of nitrogen functional groups attached to an aromatic ring is 1. The molecule has 3 N–H and O–H groups in total. The van der Waals surface area contributed by atoms with E-state index in [-0.39, 0.29) is 5.92 Å². The number of nitrogens with two attached hydrogens (primary N) is 1. The summed E-state index contributed by atoms with van der Waals surface area (Å²) < 4.78 is 1.95. The maximum absolute atomic E-state index is 5.49. The van der Waals surface area contributed by atoms with E-state index in [0.717, 1.165) is 15.7 Å². The van der Waals surface area contributed by atoms with E-state index >= 15 is 0 Å². The number of hydrogen-bond acceptors (Lipinski definition) is 6.